The van der Waals surface area contributed by atoms with Gasteiger partial charge in [-0.1, -0.05) is 30.3 Å². The molecule has 0 saturated carbocycles. The van der Waals surface area contributed by atoms with Crippen LogP contribution in [0, 0.1) is 5.41 Å². The number of hydrogen-bond donors (Lipinski definition) is 3. The lowest BCUT2D eigenvalue weighted by molar-refractivity contribution is 0.480. The van der Waals surface area contributed by atoms with Crippen molar-refractivity contribution in [3.63, 3.8) is 0 Å². The maximum Gasteiger partial charge on any atom is 0.134 e. The summed E-state index contributed by atoms with van der Waals surface area (Å²) in [7, 11) is 0. The predicted octanol–water partition coefficient (Wildman–Crippen LogP) is 1.83. The van der Waals surface area contributed by atoms with Gasteiger partial charge in [-0.15, -0.1) is 0 Å². The van der Waals surface area contributed by atoms with Crippen LogP contribution in [0.15, 0.2) is 36.4 Å². The van der Waals surface area contributed by atoms with Crippen molar-refractivity contribution in [2.75, 3.05) is 0 Å². The summed E-state index contributed by atoms with van der Waals surface area (Å²) < 4.78 is 0. The molecule has 0 amide bonds. The molecule has 2 rings (SSSR count). The molecule has 0 radical (unpaired) electrons. The predicted molar refractivity (Wildman–Crippen MR) is 56.6 cm³/mol. The van der Waals surface area contributed by atoms with Crippen LogP contribution in [-0.2, 0) is 0 Å². The number of amidine groups is 1. The Balaban J connectivity index is 2.81. The maximum absolute atomic E-state index is 9.80. The van der Waals surface area contributed by atoms with Crippen LogP contribution < -0.4 is 5.73 Å². The lowest BCUT2D eigenvalue weighted by Crippen LogP contribution is -2.11. The molecule has 0 unspecified atom stereocenters. The van der Waals surface area contributed by atoms with Gasteiger partial charge in [0.05, 0.1) is 5.56 Å². The fourth-order valence-corrected chi connectivity index (χ4v) is 1.47. The number of nitrogens with one attached hydrogen (secondary N) is 1. The molecule has 14 heavy (non-hydrogen) atoms. The maximum atomic E-state index is 9.80. The zero-order chi connectivity index (χ0) is 10.1. The summed E-state index contributed by atoms with van der Waals surface area (Å²) in [5, 5.41) is 18.7. The summed E-state index contributed by atoms with van der Waals surface area (Å²) >= 11 is 0. The number of fused-ring (bicyclic) bond motifs is 1. The molecule has 0 spiro atoms. The lowest BCUT2D eigenvalue weighted by Gasteiger charge is -2.05. The van der Waals surface area contributed by atoms with Gasteiger partial charge in [0.25, 0.3) is 0 Å². The molecule has 0 atom stereocenters. The van der Waals surface area contributed by atoms with Gasteiger partial charge in [-0.3, -0.25) is 5.41 Å². The fourth-order valence-electron chi connectivity index (χ4n) is 1.47. The van der Waals surface area contributed by atoms with Crippen molar-refractivity contribution in [2.24, 2.45) is 5.73 Å². The van der Waals surface area contributed by atoms with Gasteiger partial charge in [-0.05, 0) is 11.5 Å². The van der Waals surface area contributed by atoms with Crippen molar-refractivity contribution in [2.45, 2.75) is 0 Å². The van der Waals surface area contributed by atoms with Gasteiger partial charge in [0.2, 0.25) is 0 Å². The van der Waals surface area contributed by atoms with Crippen LogP contribution in [0.4, 0.5) is 0 Å². The molecular formula is C11H10N2O. The standard InChI is InChI=1S/C11H10N2O/c12-11(13)9-6-5-7-3-1-2-4-8(7)10(9)14/h1-6,14H,(H3,12,13). The number of phenolic OH excluding ortho intramolecular Hbond substituents is 1. The molecule has 0 fully saturated rings. The molecule has 0 heterocycles. The second kappa shape index (κ2) is 3.03. The molecular weight excluding hydrogens is 176 g/mol. The Morgan fingerprint density at radius 1 is 1.14 bits per heavy atom. The van der Waals surface area contributed by atoms with E-state index in [0.717, 1.165) is 10.8 Å². The highest BCUT2D eigenvalue weighted by Crippen LogP contribution is 2.27. The number of nitrogens with two attached hydrogens (primary N) is 1. The Bertz CT molecular complexity index is 506. The lowest BCUT2D eigenvalue weighted by atomic mass is 10.1. The molecule has 0 aliphatic rings. The van der Waals surface area contributed by atoms with E-state index >= 15 is 0 Å². The van der Waals surface area contributed by atoms with E-state index < -0.39 is 0 Å². The van der Waals surface area contributed by atoms with Crippen molar-refractivity contribution in [3.8, 4) is 5.75 Å². The largest absolute Gasteiger partial charge is 0.507 e. The summed E-state index contributed by atoms with van der Waals surface area (Å²) in [5.41, 5.74) is 5.71. The zero-order valence-corrected chi connectivity index (χ0v) is 7.49. The summed E-state index contributed by atoms with van der Waals surface area (Å²) in [6.45, 7) is 0. The molecule has 0 aliphatic carbocycles. The summed E-state index contributed by atoms with van der Waals surface area (Å²) in [6.07, 6.45) is 0. The highest BCUT2D eigenvalue weighted by molar-refractivity contribution is 6.03. The second-order valence-corrected chi connectivity index (χ2v) is 3.10. The quantitative estimate of drug-likeness (QED) is 0.469. The van der Waals surface area contributed by atoms with Gasteiger partial charge in [0, 0.05) is 5.39 Å². The van der Waals surface area contributed by atoms with E-state index in [1.165, 1.54) is 0 Å². The second-order valence-electron chi connectivity index (χ2n) is 3.10. The average Bonchev–Trinajstić information content (AvgIpc) is 2.18. The highest BCUT2D eigenvalue weighted by Gasteiger charge is 2.07. The van der Waals surface area contributed by atoms with E-state index in [-0.39, 0.29) is 11.6 Å². The number of benzene rings is 2. The molecule has 4 N–H and O–H groups in total. The van der Waals surface area contributed by atoms with E-state index in [2.05, 4.69) is 0 Å². The molecule has 0 aliphatic heterocycles. The molecule has 3 heteroatoms. The first-order valence-electron chi connectivity index (χ1n) is 4.25. The molecule has 2 aromatic rings. The van der Waals surface area contributed by atoms with Crippen LogP contribution in [0.5, 0.6) is 5.75 Å². The van der Waals surface area contributed by atoms with Gasteiger partial charge in [0.1, 0.15) is 11.6 Å². The molecule has 0 saturated heterocycles. The van der Waals surface area contributed by atoms with E-state index in [9.17, 15) is 5.11 Å². The normalized spacial score (nSPS) is 10.3. The van der Waals surface area contributed by atoms with Crippen LogP contribution in [0.3, 0.4) is 0 Å². The van der Waals surface area contributed by atoms with Crippen molar-refractivity contribution in [1.29, 1.82) is 5.41 Å². The minimum atomic E-state index is -0.117. The average molecular weight is 186 g/mol. The van der Waals surface area contributed by atoms with Crippen molar-refractivity contribution in [3.05, 3.63) is 42.0 Å². The van der Waals surface area contributed by atoms with Gasteiger partial charge >= 0.3 is 0 Å². The van der Waals surface area contributed by atoms with Crippen LogP contribution in [0.25, 0.3) is 10.8 Å². The zero-order valence-electron chi connectivity index (χ0n) is 7.49. The third-order valence-electron chi connectivity index (χ3n) is 2.19. The Morgan fingerprint density at radius 3 is 2.57 bits per heavy atom. The van der Waals surface area contributed by atoms with Crippen LogP contribution in [-0.4, -0.2) is 10.9 Å². The molecule has 0 aromatic heterocycles. The number of phenols is 1. The molecule has 0 bridgehead atoms. The number of rotatable bonds is 1. The fraction of sp³-hybridized carbons (Fsp3) is 0. The molecule has 70 valence electrons. The minimum absolute atomic E-state index is 0.0793. The summed E-state index contributed by atoms with van der Waals surface area (Å²) in [6, 6.07) is 10.9. The number of nitrogen functional groups attached to an aromatic ring is 1. The van der Waals surface area contributed by atoms with E-state index in [1.54, 1.807) is 12.1 Å². The summed E-state index contributed by atoms with van der Waals surface area (Å²) in [4.78, 5) is 0. The first-order chi connectivity index (χ1) is 6.70. The summed E-state index contributed by atoms with van der Waals surface area (Å²) in [5.74, 6) is -0.0381. The Labute approximate surface area is 81.3 Å². The SMILES string of the molecule is N=C(N)c1ccc2ccccc2c1O. The highest BCUT2D eigenvalue weighted by atomic mass is 16.3. The third kappa shape index (κ3) is 1.19. The first kappa shape index (κ1) is 8.56. The number of hydrogen-bond acceptors (Lipinski definition) is 2. The van der Waals surface area contributed by atoms with E-state index in [1.807, 2.05) is 24.3 Å². The van der Waals surface area contributed by atoms with Gasteiger partial charge < -0.3 is 10.8 Å². The topological polar surface area (TPSA) is 70.1 Å². The van der Waals surface area contributed by atoms with Gasteiger partial charge in [-0.25, -0.2) is 0 Å². The van der Waals surface area contributed by atoms with Crippen molar-refractivity contribution >= 4 is 16.6 Å². The smallest absolute Gasteiger partial charge is 0.134 e. The van der Waals surface area contributed by atoms with Crippen molar-refractivity contribution < 1.29 is 5.11 Å². The van der Waals surface area contributed by atoms with Crippen LogP contribution in [0.1, 0.15) is 5.56 Å². The minimum Gasteiger partial charge on any atom is -0.507 e. The van der Waals surface area contributed by atoms with Gasteiger partial charge in [-0.2, -0.15) is 0 Å². The first-order valence-corrected chi connectivity index (χ1v) is 4.25. The third-order valence-corrected chi connectivity index (χ3v) is 2.19. The van der Waals surface area contributed by atoms with E-state index in [4.69, 9.17) is 11.1 Å². The van der Waals surface area contributed by atoms with E-state index in [0.29, 0.717) is 5.56 Å². The Morgan fingerprint density at radius 2 is 1.86 bits per heavy atom. The monoisotopic (exact) mass is 186 g/mol. The van der Waals surface area contributed by atoms with Crippen molar-refractivity contribution in [1.82, 2.24) is 0 Å². The molecule has 2 aromatic carbocycles. The van der Waals surface area contributed by atoms with Crippen LogP contribution in [0.2, 0.25) is 0 Å². The number of aromatic hydroxyl groups is 1. The Kier molecular flexibility index (Phi) is 1.85. The Hall–Kier alpha value is -2.03. The molecule has 3 nitrogen and oxygen atoms in total. The van der Waals surface area contributed by atoms with Crippen LogP contribution >= 0.6 is 0 Å². The van der Waals surface area contributed by atoms with Gasteiger partial charge in [0.15, 0.2) is 0 Å².